The number of sulfone groups is 1. The number of carbonyl (C=O) groups is 1. The standard InChI is InChI=1S/C10H19NO3S/c1-2-4-15(13,14)5-3-10(12)6-9-7-11-8-9/h9,11H,2-8H2,1H3. The van der Waals surface area contributed by atoms with E-state index in [4.69, 9.17) is 0 Å². The Hall–Kier alpha value is -0.420. The predicted molar refractivity (Wildman–Crippen MR) is 59.5 cm³/mol. The van der Waals surface area contributed by atoms with Gasteiger partial charge in [-0.3, -0.25) is 4.79 Å². The maximum Gasteiger partial charge on any atom is 0.150 e. The summed E-state index contributed by atoms with van der Waals surface area (Å²) in [4.78, 5) is 11.4. The van der Waals surface area contributed by atoms with Gasteiger partial charge in [-0.15, -0.1) is 0 Å². The second-order valence-corrected chi connectivity index (χ2v) is 6.47. The lowest BCUT2D eigenvalue weighted by atomic mass is 9.96. The molecule has 1 saturated heterocycles. The van der Waals surface area contributed by atoms with Gasteiger partial charge in [0.05, 0.1) is 5.75 Å². The molecule has 0 radical (unpaired) electrons. The lowest BCUT2D eigenvalue weighted by Crippen LogP contribution is -2.43. The Morgan fingerprint density at radius 1 is 1.33 bits per heavy atom. The van der Waals surface area contributed by atoms with Crippen LogP contribution in [-0.2, 0) is 14.6 Å². The van der Waals surface area contributed by atoms with E-state index in [1.165, 1.54) is 0 Å². The SMILES string of the molecule is CCCS(=O)(=O)CCC(=O)CC1CNC1. The van der Waals surface area contributed by atoms with Crippen molar-refractivity contribution in [2.45, 2.75) is 26.2 Å². The van der Waals surface area contributed by atoms with Crippen molar-refractivity contribution in [2.24, 2.45) is 5.92 Å². The quantitative estimate of drug-likeness (QED) is 0.690. The fourth-order valence-corrected chi connectivity index (χ4v) is 2.96. The highest BCUT2D eigenvalue weighted by molar-refractivity contribution is 7.91. The first-order chi connectivity index (χ1) is 7.03. The van der Waals surface area contributed by atoms with Crippen molar-refractivity contribution in [1.82, 2.24) is 5.32 Å². The van der Waals surface area contributed by atoms with E-state index in [0.717, 1.165) is 13.1 Å². The fourth-order valence-electron chi connectivity index (χ4n) is 1.60. The maximum atomic E-state index is 11.4. The van der Waals surface area contributed by atoms with Gasteiger partial charge in [0, 0.05) is 18.6 Å². The Bertz CT molecular complexity index is 307. The van der Waals surface area contributed by atoms with Crippen LogP contribution >= 0.6 is 0 Å². The van der Waals surface area contributed by atoms with Gasteiger partial charge in [-0.25, -0.2) is 8.42 Å². The van der Waals surface area contributed by atoms with E-state index in [0.29, 0.717) is 18.8 Å². The van der Waals surface area contributed by atoms with Crippen LogP contribution in [0.1, 0.15) is 26.2 Å². The van der Waals surface area contributed by atoms with Crippen LogP contribution in [0.4, 0.5) is 0 Å². The van der Waals surface area contributed by atoms with Gasteiger partial charge in [0.25, 0.3) is 0 Å². The van der Waals surface area contributed by atoms with Crippen molar-refractivity contribution in [2.75, 3.05) is 24.6 Å². The molecule has 0 atom stereocenters. The molecule has 5 heteroatoms. The average Bonchev–Trinajstić information content (AvgIpc) is 2.08. The number of Topliss-reactive ketones (excluding diaryl/α,β-unsaturated/α-hetero) is 1. The molecule has 0 bridgehead atoms. The van der Waals surface area contributed by atoms with Crippen molar-refractivity contribution >= 4 is 15.6 Å². The first-order valence-electron chi connectivity index (χ1n) is 5.46. The van der Waals surface area contributed by atoms with Gasteiger partial charge in [-0.05, 0) is 25.4 Å². The molecular formula is C10H19NO3S. The number of rotatable bonds is 7. The third kappa shape index (κ3) is 4.75. The van der Waals surface area contributed by atoms with Crippen molar-refractivity contribution in [1.29, 1.82) is 0 Å². The summed E-state index contributed by atoms with van der Waals surface area (Å²) in [7, 11) is -2.99. The summed E-state index contributed by atoms with van der Waals surface area (Å²) >= 11 is 0. The van der Waals surface area contributed by atoms with Crippen molar-refractivity contribution < 1.29 is 13.2 Å². The molecule has 1 rings (SSSR count). The molecule has 0 aromatic rings. The molecule has 0 unspecified atom stereocenters. The molecule has 0 aromatic carbocycles. The predicted octanol–water partition coefficient (Wildman–Crippen LogP) is 0.380. The van der Waals surface area contributed by atoms with Crippen LogP contribution in [0, 0.1) is 5.92 Å². The minimum atomic E-state index is -2.99. The van der Waals surface area contributed by atoms with Gasteiger partial charge in [-0.2, -0.15) is 0 Å². The highest BCUT2D eigenvalue weighted by atomic mass is 32.2. The molecule has 1 aliphatic heterocycles. The van der Waals surface area contributed by atoms with E-state index in [1.54, 1.807) is 0 Å². The van der Waals surface area contributed by atoms with Crippen LogP contribution < -0.4 is 5.32 Å². The van der Waals surface area contributed by atoms with E-state index in [9.17, 15) is 13.2 Å². The van der Waals surface area contributed by atoms with Crippen LogP contribution in [0.2, 0.25) is 0 Å². The van der Waals surface area contributed by atoms with E-state index >= 15 is 0 Å². The number of carbonyl (C=O) groups excluding carboxylic acids is 1. The molecule has 1 N–H and O–H groups in total. The summed E-state index contributed by atoms with van der Waals surface area (Å²) in [5.41, 5.74) is 0. The molecule has 1 aliphatic rings. The zero-order valence-electron chi connectivity index (χ0n) is 9.16. The highest BCUT2D eigenvalue weighted by Crippen LogP contribution is 2.10. The summed E-state index contributed by atoms with van der Waals surface area (Å²) in [6.07, 6.45) is 1.36. The summed E-state index contributed by atoms with van der Waals surface area (Å²) in [5, 5.41) is 3.09. The van der Waals surface area contributed by atoms with Crippen LogP contribution in [0.5, 0.6) is 0 Å². The van der Waals surface area contributed by atoms with E-state index in [2.05, 4.69) is 5.32 Å². The smallest absolute Gasteiger partial charge is 0.150 e. The van der Waals surface area contributed by atoms with Crippen molar-refractivity contribution in [3.05, 3.63) is 0 Å². The normalized spacial score (nSPS) is 17.4. The summed E-state index contributed by atoms with van der Waals surface area (Å²) in [6, 6.07) is 0. The lowest BCUT2D eigenvalue weighted by molar-refractivity contribution is -0.119. The molecule has 4 nitrogen and oxygen atoms in total. The molecule has 0 amide bonds. The van der Waals surface area contributed by atoms with Crippen LogP contribution in [0.25, 0.3) is 0 Å². The molecular weight excluding hydrogens is 214 g/mol. The first kappa shape index (κ1) is 12.6. The topological polar surface area (TPSA) is 63.2 Å². The molecule has 0 saturated carbocycles. The van der Waals surface area contributed by atoms with Crippen LogP contribution in [0.15, 0.2) is 0 Å². The number of hydrogen-bond donors (Lipinski definition) is 1. The zero-order chi connectivity index (χ0) is 11.3. The largest absolute Gasteiger partial charge is 0.316 e. The summed E-state index contributed by atoms with van der Waals surface area (Å²) in [5.74, 6) is 0.748. The number of hydrogen-bond acceptors (Lipinski definition) is 4. The van der Waals surface area contributed by atoms with Gasteiger partial charge in [0.15, 0.2) is 9.84 Å². The first-order valence-corrected chi connectivity index (χ1v) is 7.28. The molecule has 1 fully saturated rings. The lowest BCUT2D eigenvalue weighted by Gasteiger charge is -2.26. The zero-order valence-corrected chi connectivity index (χ0v) is 9.98. The average molecular weight is 233 g/mol. The van der Waals surface area contributed by atoms with Crippen LogP contribution in [0.3, 0.4) is 0 Å². The van der Waals surface area contributed by atoms with E-state index < -0.39 is 9.84 Å². The number of ketones is 1. The highest BCUT2D eigenvalue weighted by Gasteiger charge is 2.21. The van der Waals surface area contributed by atoms with Crippen molar-refractivity contribution in [3.8, 4) is 0 Å². The van der Waals surface area contributed by atoms with Gasteiger partial charge in [-0.1, -0.05) is 6.92 Å². The summed E-state index contributed by atoms with van der Waals surface area (Å²) in [6.45, 7) is 3.63. The Balaban J connectivity index is 2.20. The van der Waals surface area contributed by atoms with E-state index in [1.807, 2.05) is 6.92 Å². The second kappa shape index (κ2) is 5.61. The minimum absolute atomic E-state index is 0.0276. The monoisotopic (exact) mass is 233 g/mol. The Morgan fingerprint density at radius 3 is 2.47 bits per heavy atom. The third-order valence-corrected chi connectivity index (χ3v) is 4.45. The van der Waals surface area contributed by atoms with Crippen molar-refractivity contribution in [3.63, 3.8) is 0 Å². The van der Waals surface area contributed by atoms with Gasteiger partial charge < -0.3 is 5.32 Å². The molecule has 0 spiro atoms. The van der Waals surface area contributed by atoms with E-state index in [-0.39, 0.29) is 23.7 Å². The second-order valence-electron chi connectivity index (χ2n) is 4.17. The fraction of sp³-hybridized carbons (Fsp3) is 0.900. The van der Waals surface area contributed by atoms with Gasteiger partial charge in [0.1, 0.15) is 5.78 Å². The molecule has 0 aromatic heterocycles. The maximum absolute atomic E-state index is 11.4. The number of nitrogens with one attached hydrogen (secondary N) is 1. The minimum Gasteiger partial charge on any atom is -0.316 e. The molecule has 15 heavy (non-hydrogen) atoms. The Kier molecular flexibility index (Phi) is 4.73. The van der Waals surface area contributed by atoms with Gasteiger partial charge >= 0.3 is 0 Å². The summed E-state index contributed by atoms with van der Waals surface area (Å²) < 4.78 is 22.7. The van der Waals surface area contributed by atoms with Gasteiger partial charge in [0.2, 0.25) is 0 Å². The molecule has 88 valence electrons. The third-order valence-electron chi connectivity index (χ3n) is 2.59. The molecule has 1 heterocycles. The Labute approximate surface area is 91.4 Å². The van der Waals surface area contributed by atoms with Crippen LogP contribution in [-0.4, -0.2) is 38.8 Å². The molecule has 0 aliphatic carbocycles. The Morgan fingerprint density at radius 2 is 2.00 bits per heavy atom.